The molecule has 1 aliphatic rings. The third-order valence-corrected chi connectivity index (χ3v) is 5.15. The first kappa shape index (κ1) is 22.5. The maximum Gasteiger partial charge on any atom is 0.209 e. The highest BCUT2D eigenvalue weighted by Gasteiger charge is 2.32. The summed E-state index contributed by atoms with van der Waals surface area (Å²) in [6.07, 6.45) is 3.48. The zero-order chi connectivity index (χ0) is 21.9. The molecule has 5 N–H and O–H groups in total. The predicted octanol–water partition coefficient (Wildman–Crippen LogP) is 2.21. The second-order valence-electron chi connectivity index (χ2n) is 7.38. The molecule has 0 aromatic heterocycles. The van der Waals surface area contributed by atoms with E-state index in [-0.39, 0.29) is 40.5 Å². The number of allylic oxidation sites excluding steroid dienone is 3. The van der Waals surface area contributed by atoms with Gasteiger partial charge in [0, 0.05) is 23.6 Å². The number of aliphatic hydroxyl groups excluding tert-OH is 2. The van der Waals surface area contributed by atoms with Gasteiger partial charge < -0.3 is 21.1 Å². The number of hydrogen-bond donors (Lipinski definition) is 4. The number of phenolic OH excluding ortho intramolecular Hbond substituents is 1. The van der Waals surface area contributed by atoms with Crippen LogP contribution in [0.1, 0.15) is 69.7 Å². The molecule has 0 aliphatic heterocycles. The highest BCUT2D eigenvalue weighted by Crippen LogP contribution is 2.34. The molecule has 29 heavy (non-hydrogen) atoms. The number of hydrogen-bond acceptors (Lipinski definition) is 7. The highest BCUT2D eigenvalue weighted by atomic mass is 16.3. The lowest BCUT2D eigenvalue weighted by atomic mass is 9.84. The third-order valence-electron chi connectivity index (χ3n) is 5.15. The van der Waals surface area contributed by atoms with Crippen molar-refractivity contribution in [1.29, 1.82) is 0 Å². The zero-order valence-corrected chi connectivity index (χ0v) is 16.8. The van der Waals surface area contributed by atoms with Crippen molar-refractivity contribution in [2.24, 2.45) is 11.7 Å². The Hall–Kier alpha value is -2.77. The number of phenols is 1. The minimum atomic E-state index is -0.992. The smallest absolute Gasteiger partial charge is 0.209 e. The van der Waals surface area contributed by atoms with E-state index in [0.29, 0.717) is 18.4 Å². The van der Waals surface area contributed by atoms with Crippen molar-refractivity contribution in [3.63, 3.8) is 0 Å². The first-order valence-electron chi connectivity index (χ1n) is 9.58. The Balaban J connectivity index is 2.30. The minimum absolute atomic E-state index is 0.0284. The lowest BCUT2D eigenvalue weighted by molar-refractivity contribution is 0.0615. The van der Waals surface area contributed by atoms with Crippen molar-refractivity contribution >= 4 is 17.3 Å². The first-order valence-corrected chi connectivity index (χ1v) is 9.58. The van der Waals surface area contributed by atoms with Gasteiger partial charge in [0.2, 0.25) is 5.78 Å². The average molecular weight is 401 g/mol. The number of aryl methyl sites for hydroxylation is 1. The van der Waals surface area contributed by atoms with Crippen LogP contribution in [0.5, 0.6) is 5.75 Å². The van der Waals surface area contributed by atoms with Gasteiger partial charge in [-0.2, -0.15) is 0 Å². The molecule has 7 nitrogen and oxygen atoms in total. The van der Waals surface area contributed by atoms with Gasteiger partial charge in [-0.25, -0.2) is 0 Å². The molecule has 1 aromatic rings. The van der Waals surface area contributed by atoms with Crippen LogP contribution in [-0.4, -0.2) is 44.9 Å². The molecule has 7 heteroatoms. The molecule has 0 bridgehead atoms. The lowest BCUT2D eigenvalue weighted by Crippen LogP contribution is -2.25. The van der Waals surface area contributed by atoms with Gasteiger partial charge in [-0.1, -0.05) is 19.1 Å². The number of aliphatic hydroxyl groups is 2. The minimum Gasteiger partial charge on any atom is -0.507 e. The number of fused-ring (bicyclic) bond motifs is 1. The number of aromatic hydroxyl groups is 1. The van der Waals surface area contributed by atoms with Gasteiger partial charge >= 0.3 is 0 Å². The van der Waals surface area contributed by atoms with Crippen molar-refractivity contribution in [2.45, 2.75) is 52.2 Å². The zero-order valence-electron chi connectivity index (χ0n) is 16.8. The third kappa shape index (κ3) is 4.81. The fraction of sp³-hybridized carbons (Fsp3) is 0.409. The summed E-state index contributed by atoms with van der Waals surface area (Å²) in [6.45, 7) is 4.95. The molecule has 156 valence electrons. The Morgan fingerprint density at radius 1 is 1.24 bits per heavy atom. The summed E-state index contributed by atoms with van der Waals surface area (Å²) < 4.78 is 0. The molecule has 3 atom stereocenters. The Kier molecular flexibility index (Phi) is 7.11. The summed E-state index contributed by atoms with van der Waals surface area (Å²) in [4.78, 5) is 37.7. The summed E-state index contributed by atoms with van der Waals surface area (Å²) in [6, 6.07) is 1.37. The van der Waals surface area contributed by atoms with E-state index < -0.39 is 29.6 Å². The average Bonchev–Trinajstić information content (AvgIpc) is 2.67. The van der Waals surface area contributed by atoms with Crippen LogP contribution in [0, 0.1) is 12.8 Å². The second-order valence-corrected chi connectivity index (χ2v) is 7.38. The highest BCUT2D eigenvalue weighted by molar-refractivity contribution is 6.27. The van der Waals surface area contributed by atoms with Gasteiger partial charge in [-0.15, -0.1) is 0 Å². The number of benzene rings is 1. The van der Waals surface area contributed by atoms with Crippen LogP contribution in [0.25, 0.3) is 0 Å². The van der Waals surface area contributed by atoms with Crippen molar-refractivity contribution in [1.82, 2.24) is 0 Å². The molecule has 2 rings (SSSR count). The van der Waals surface area contributed by atoms with E-state index in [2.05, 4.69) is 0 Å². The van der Waals surface area contributed by atoms with Crippen molar-refractivity contribution in [3.8, 4) is 5.75 Å². The van der Waals surface area contributed by atoms with Crippen LogP contribution in [0.15, 0.2) is 30.0 Å². The Morgan fingerprint density at radius 3 is 2.48 bits per heavy atom. The summed E-state index contributed by atoms with van der Waals surface area (Å²) in [5.74, 6) is -1.92. The van der Waals surface area contributed by atoms with Crippen molar-refractivity contribution in [3.05, 3.63) is 52.2 Å². The van der Waals surface area contributed by atoms with Crippen molar-refractivity contribution in [2.75, 3.05) is 0 Å². The van der Waals surface area contributed by atoms with Crippen LogP contribution in [-0.2, 0) is 0 Å². The molecular formula is C22H27NO6. The number of carbonyl (C=O) groups is 3. The number of Topliss-reactive ketones (excluding diaryl/α,β-unsaturated/α-hetero) is 2. The van der Waals surface area contributed by atoms with Gasteiger partial charge in [-0.3, -0.25) is 14.4 Å². The largest absolute Gasteiger partial charge is 0.507 e. The normalized spacial score (nSPS) is 17.1. The molecule has 0 unspecified atom stereocenters. The molecule has 0 spiro atoms. The summed E-state index contributed by atoms with van der Waals surface area (Å²) in [7, 11) is 0. The SMILES string of the molecule is CC[C@H](/C=C/[C@H](O)[C@@H](C)O)CCC(=O)c1c(O)c(C)cc2c1C(=O)C=C(N)C2=O. The lowest BCUT2D eigenvalue weighted by Gasteiger charge is -2.19. The Labute approximate surface area is 169 Å². The number of nitrogens with two attached hydrogens (primary N) is 1. The molecule has 0 amide bonds. The monoisotopic (exact) mass is 401 g/mol. The molecule has 0 heterocycles. The fourth-order valence-corrected chi connectivity index (χ4v) is 3.26. The van der Waals surface area contributed by atoms with Gasteiger partial charge in [0.25, 0.3) is 0 Å². The van der Waals surface area contributed by atoms with E-state index in [0.717, 1.165) is 6.08 Å². The molecule has 1 aliphatic carbocycles. The molecule has 0 radical (unpaired) electrons. The Bertz CT molecular complexity index is 897. The van der Waals surface area contributed by atoms with E-state index in [4.69, 9.17) is 5.73 Å². The fourth-order valence-electron chi connectivity index (χ4n) is 3.26. The van der Waals surface area contributed by atoms with Gasteiger partial charge in [-0.05, 0) is 44.2 Å². The molecule has 0 saturated heterocycles. The molecule has 1 aromatic carbocycles. The van der Waals surface area contributed by atoms with Crippen LogP contribution in [0.2, 0.25) is 0 Å². The van der Waals surface area contributed by atoms with E-state index in [1.54, 1.807) is 13.0 Å². The topological polar surface area (TPSA) is 138 Å². The summed E-state index contributed by atoms with van der Waals surface area (Å²) in [5, 5.41) is 29.5. The quantitative estimate of drug-likeness (QED) is 0.387. The number of carbonyl (C=O) groups excluding carboxylic acids is 3. The maximum absolute atomic E-state index is 12.9. The maximum atomic E-state index is 12.9. The second kappa shape index (κ2) is 9.15. The van der Waals surface area contributed by atoms with E-state index >= 15 is 0 Å². The standard InChI is InChI=1S/C22H27NO6/c1-4-13(5-7-16(25)12(3)24)6-8-17(26)20-19-14(9-11(2)21(20)28)22(29)15(23)10-18(19)27/h5,7,9-10,12-13,16,24-25,28H,4,6,8,23H2,1-3H3/b7-5+/t12-,13-,16+/m1/s1. The van der Waals surface area contributed by atoms with Gasteiger partial charge in [0.05, 0.1) is 23.5 Å². The van der Waals surface area contributed by atoms with E-state index in [1.165, 1.54) is 19.1 Å². The summed E-state index contributed by atoms with van der Waals surface area (Å²) in [5.41, 5.74) is 5.48. The molecule has 0 fully saturated rings. The predicted molar refractivity (Wildman–Crippen MR) is 108 cm³/mol. The van der Waals surface area contributed by atoms with Crippen molar-refractivity contribution < 1.29 is 29.7 Å². The van der Waals surface area contributed by atoms with Crippen LogP contribution in [0.4, 0.5) is 0 Å². The van der Waals surface area contributed by atoms with Crippen LogP contribution in [0.3, 0.4) is 0 Å². The Morgan fingerprint density at radius 2 is 1.90 bits per heavy atom. The van der Waals surface area contributed by atoms with E-state index in [1.807, 2.05) is 6.92 Å². The van der Waals surface area contributed by atoms with Crippen LogP contribution < -0.4 is 5.73 Å². The number of rotatable bonds is 8. The molecule has 0 saturated carbocycles. The van der Waals surface area contributed by atoms with Gasteiger partial charge in [0.15, 0.2) is 11.6 Å². The summed E-state index contributed by atoms with van der Waals surface area (Å²) >= 11 is 0. The van der Waals surface area contributed by atoms with Crippen LogP contribution >= 0.6 is 0 Å². The van der Waals surface area contributed by atoms with E-state index in [9.17, 15) is 29.7 Å². The first-order chi connectivity index (χ1) is 13.6. The number of ketones is 3. The van der Waals surface area contributed by atoms with Gasteiger partial charge in [0.1, 0.15) is 5.75 Å². The molecular weight excluding hydrogens is 374 g/mol.